The SMILES string of the molecule is O=C(O)C1COCCN1Cc1cccc(O)c1. The number of carboxylic acid groups (broad SMARTS) is 1. The molecule has 0 amide bonds. The lowest BCUT2D eigenvalue weighted by Crippen LogP contribution is -2.49. The maximum Gasteiger partial charge on any atom is 0.323 e. The van der Waals surface area contributed by atoms with Gasteiger partial charge in [0.1, 0.15) is 11.8 Å². The molecule has 1 saturated heterocycles. The minimum absolute atomic E-state index is 0.197. The number of nitrogens with zero attached hydrogens (tertiary/aromatic N) is 1. The molecular formula is C12H15NO4. The number of morpholine rings is 1. The van der Waals surface area contributed by atoms with Crippen LogP contribution in [0.4, 0.5) is 0 Å². The summed E-state index contributed by atoms with van der Waals surface area (Å²) in [6, 6.07) is 6.26. The zero-order valence-electron chi connectivity index (χ0n) is 9.37. The normalized spacial score (nSPS) is 21.3. The van der Waals surface area contributed by atoms with E-state index in [0.29, 0.717) is 19.7 Å². The Kier molecular flexibility index (Phi) is 3.61. The van der Waals surface area contributed by atoms with Crippen LogP contribution in [0, 0.1) is 0 Å². The molecule has 1 atom stereocenters. The van der Waals surface area contributed by atoms with Gasteiger partial charge in [-0.05, 0) is 17.7 Å². The van der Waals surface area contributed by atoms with E-state index in [0.717, 1.165) is 5.56 Å². The molecule has 5 heteroatoms. The summed E-state index contributed by atoms with van der Waals surface area (Å²) in [5.41, 5.74) is 0.901. The second-order valence-corrected chi connectivity index (χ2v) is 4.07. The smallest absolute Gasteiger partial charge is 0.323 e. The molecule has 1 aliphatic rings. The Bertz CT molecular complexity index is 407. The first-order valence-corrected chi connectivity index (χ1v) is 5.49. The van der Waals surface area contributed by atoms with E-state index < -0.39 is 12.0 Å². The summed E-state index contributed by atoms with van der Waals surface area (Å²) in [4.78, 5) is 12.9. The zero-order valence-corrected chi connectivity index (χ0v) is 9.37. The molecule has 1 aromatic rings. The van der Waals surface area contributed by atoms with E-state index in [1.807, 2.05) is 11.0 Å². The van der Waals surface area contributed by atoms with E-state index in [2.05, 4.69) is 0 Å². The van der Waals surface area contributed by atoms with E-state index in [4.69, 9.17) is 9.84 Å². The molecule has 0 spiro atoms. The number of rotatable bonds is 3. The van der Waals surface area contributed by atoms with E-state index in [9.17, 15) is 9.90 Å². The van der Waals surface area contributed by atoms with Crippen LogP contribution in [0.15, 0.2) is 24.3 Å². The van der Waals surface area contributed by atoms with Gasteiger partial charge in [-0.3, -0.25) is 9.69 Å². The Morgan fingerprint density at radius 2 is 2.35 bits per heavy atom. The van der Waals surface area contributed by atoms with E-state index >= 15 is 0 Å². The van der Waals surface area contributed by atoms with Gasteiger partial charge in [0.15, 0.2) is 0 Å². The molecule has 17 heavy (non-hydrogen) atoms. The maximum atomic E-state index is 11.1. The number of phenolic OH excluding ortho intramolecular Hbond substituents is 1. The molecule has 1 aromatic carbocycles. The summed E-state index contributed by atoms with van der Waals surface area (Å²) in [5, 5.41) is 18.4. The molecule has 1 fully saturated rings. The molecule has 1 aliphatic heterocycles. The lowest BCUT2D eigenvalue weighted by Gasteiger charge is -2.32. The largest absolute Gasteiger partial charge is 0.508 e. The highest BCUT2D eigenvalue weighted by molar-refractivity contribution is 5.73. The first-order valence-electron chi connectivity index (χ1n) is 5.49. The van der Waals surface area contributed by atoms with Crippen molar-refractivity contribution in [2.45, 2.75) is 12.6 Å². The Labute approximate surface area is 99.2 Å². The van der Waals surface area contributed by atoms with Gasteiger partial charge in [-0.1, -0.05) is 12.1 Å². The van der Waals surface area contributed by atoms with E-state index in [-0.39, 0.29) is 12.4 Å². The Hall–Kier alpha value is -1.59. The molecular weight excluding hydrogens is 222 g/mol. The fraction of sp³-hybridized carbons (Fsp3) is 0.417. The fourth-order valence-corrected chi connectivity index (χ4v) is 1.94. The molecule has 0 bridgehead atoms. The molecule has 1 heterocycles. The summed E-state index contributed by atoms with van der Waals surface area (Å²) in [5.74, 6) is -0.674. The van der Waals surface area contributed by atoms with Crippen LogP contribution in [-0.4, -0.2) is 46.9 Å². The van der Waals surface area contributed by atoms with Crippen LogP contribution >= 0.6 is 0 Å². The Balaban J connectivity index is 2.08. The Morgan fingerprint density at radius 3 is 3.06 bits per heavy atom. The van der Waals surface area contributed by atoms with Crippen LogP contribution < -0.4 is 0 Å². The van der Waals surface area contributed by atoms with Gasteiger partial charge >= 0.3 is 5.97 Å². The molecule has 5 nitrogen and oxygen atoms in total. The first kappa shape index (κ1) is 11.9. The van der Waals surface area contributed by atoms with Crippen LogP contribution in [-0.2, 0) is 16.1 Å². The molecule has 0 saturated carbocycles. The van der Waals surface area contributed by atoms with Crippen molar-refractivity contribution in [2.75, 3.05) is 19.8 Å². The topological polar surface area (TPSA) is 70.0 Å². The van der Waals surface area contributed by atoms with Gasteiger partial charge in [0.2, 0.25) is 0 Å². The average Bonchev–Trinajstić information content (AvgIpc) is 2.29. The highest BCUT2D eigenvalue weighted by atomic mass is 16.5. The second kappa shape index (κ2) is 5.16. The third-order valence-electron chi connectivity index (χ3n) is 2.82. The summed E-state index contributed by atoms with van der Waals surface area (Å²) >= 11 is 0. The summed E-state index contributed by atoms with van der Waals surface area (Å²) in [6.45, 7) is 1.86. The standard InChI is InChI=1S/C12H15NO4/c14-10-3-1-2-9(6-10)7-13-4-5-17-8-11(13)12(15)16/h1-3,6,11,14H,4-5,7-8H2,(H,15,16). The number of hydrogen-bond donors (Lipinski definition) is 2. The quantitative estimate of drug-likeness (QED) is 0.809. The van der Waals surface area contributed by atoms with Crippen molar-refractivity contribution >= 4 is 5.97 Å². The number of phenols is 1. The van der Waals surface area contributed by atoms with Gasteiger partial charge in [-0.25, -0.2) is 0 Å². The third kappa shape index (κ3) is 2.95. The lowest BCUT2D eigenvalue weighted by molar-refractivity contribution is -0.150. The molecule has 0 radical (unpaired) electrons. The van der Waals surface area contributed by atoms with Crippen molar-refractivity contribution < 1.29 is 19.7 Å². The van der Waals surface area contributed by atoms with Gasteiger partial charge < -0.3 is 14.9 Å². The van der Waals surface area contributed by atoms with Crippen LogP contribution in [0.25, 0.3) is 0 Å². The summed E-state index contributed by atoms with van der Waals surface area (Å²) in [6.07, 6.45) is 0. The van der Waals surface area contributed by atoms with Crippen LogP contribution in [0.3, 0.4) is 0 Å². The van der Waals surface area contributed by atoms with Gasteiger partial charge in [0.05, 0.1) is 13.2 Å². The number of aromatic hydroxyl groups is 1. The predicted molar refractivity (Wildman–Crippen MR) is 60.8 cm³/mol. The average molecular weight is 237 g/mol. The van der Waals surface area contributed by atoms with Crippen molar-refractivity contribution in [3.05, 3.63) is 29.8 Å². The molecule has 0 aromatic heterocycles. The molecule has 92 valence electrons. The number of hydrogen-bond acceptors (Lipinski definition) is 4. The highest BCUT2D eigenvalue weighted by Gasteiger charge is 2.28. The molecule has 0 aliphatic carbocycles. The van der Waals surface area contributed by atoms with Crippen LogP contribution in [0.5, 0.6) is 5.75 Å². The van der Waals surface area contributed by atoms with Crippen molar-refractivity contribution in [1.29, 1.82) is 0 Å². The van der Waals surface area contributed by atoms with Gasteiger partial charge in [0.25, 0.3) is 0 Å². The number of aliphatic carboxylic acids is 1. The van der Waals surface area contributed by atoms with Crippen LogP contribution in [0.1, 0.15) is 5.56 Å². The minimum atomic E-state index is -0.871. The fourth-order valence-electron chi connectivity index (χ4n) is 1.94. The van der Waals surface area contributed by atoms with E-state index in [1.165, 1.54) is 0 Å². The lowest BCUT2D eigenvalue weighted by atomic mass is 10.1. The molecule has 2 rings (SSSR count). The highest BCUT2D eigenvalue weighted by Crippen LogP contribution is 2.16. The summed E-state index contributed by atoms with van der Waals surface area (Å²) in [7, 11) is 0. The summed E-state index contributed by atoms with van der Waals surface area (Å²) < 4.78 is 5.16. The maximum absolute atomic E-state index is 11.1. The monoisotopic (exact) mass is 237 g/mol. The number of ether oxygens (including phenoxy) is 1. The second-order valence-electron chi connectivity index (χ2n) is 4.07. The molecule has 2 N–H and O–H groups in total. The predicted octanol–water partition coefficient (Wildman–Crippen LogP) is 0.678. The van der Waals surface area contributed by atoms with Gasteiger partial charge in [0, 0.05) is 13.1 Å². The van der Waals surface area contributed by atoms with Gasteiger partial charge in [-0.2, -0.15) is 0 Å². The third-order valence-corrected chi connectivity index (χ3v) is 2.82. The van der Waals surface area contributed by atoms with Crippen molar-refractivity contribution in [3.8, 4) is 5.75 Å². The molecule has 1 unspecified atom stereocenters. The number of benzene rings is 1. The van der Waals surface area contributed by atoms with Crippen LogP contribution in [0.2, 0.25) is 0 Å². The number of carboxylic acids is 1. The zero-order chi connectivity index (χ0) is 12.3. The van der Waals surface area contributed by atoms with Crippen molar-refractivity contribution in [3.63, 3.8) is 0 Å². The Morgan fingerprint density at radius 1 is 1.53 bits per heavy atom. The van der Waals surface area contributed by atoms with E-state index in [1.54, 1.807) is 18.2 Å². The first-order chi connectivity index (χ1) is 8.16. The van der Waals surface area contributed by atoms with Gasteiger partial charge in [-0.15, -0.1) is 0 Å². The van der Waals surface area contributed by atoms with Crippen molar-refractivity contribution in [2.24, 2.45) is 0 Å². The van der Waals surface area contributed by atoms with Crippen molar-refractivity contribution in [1.82, 2.24) is 4.90 Å². The minimum Gasteiger partial charge on any atom is -0.508 e. The number of carbonyl (C=O) groups is 1.